The highest BCUT2D eigenvalue weighted by Gasteiger charge is 2.10. The zero-order chi connectivity index (χ0) is 11.9. The molecular weight excluding hydrogens is 254 g/mol. The number of unbranched alkanes of at least 4 members (excludes halogenated alkanes) is 1. The van der Waals surface area contributed by atoms with Crippen LogP contribution in [0.1, 0.15) is 18.4 Å². The number of benzene rings is 1. The molecule has 0 N–H and O–H groups in total. The molecule has 1 aliphatic heterocycles. The first-order valence-electron chi connectivity index (χ1n) is 5.84. The lowest BCUT2D eigenvalue weighted by Gasteiger charge is -2.08. The van der Waals surface area contributed by atoms with E-state index in [0.717, 1.165) is 36.6 Å². The van der Waals surface area contributed by atoms with Crippen molar-refractivity contribution in [2.45, 2.75) is 24.8 Å². The number of thioether (sulfide) groups is 1. The van der Waals surface area contributed by atoms with E-state index in [9.17, 15) is 0 Å². The van der Waals surface area contributed by atoms with E-state index in [0.29, 0.717) is 0 Å². The zero-order valence-electron chi connectivity index (χ0n) is 9.64. The van der Waals surface area contributed by atoms with E-state index in [-0.39, 0.29) is 5.56 Å². The average Bonchev–Trinajstić information content (AvgIpc) is 2.84. The second-order valence-electron chi connectivity index (χ2n) is 3.89. The van der Waals surface area contributed by atoms with Crippen LogP contribution in [0.3, 0.4) is 0 Å². The first-order valence-corrected chi connectivity index (χ1v) is 7.27. The van der Waals surface area contributed by atoms with Gasteiger partial charge in [-0.2, -0.15) is 0 Å². The normalized spacial score (nSPS) is 18.8. The van der Waals surface area contributed by atoms with Crippen molar-refractivity contribution in [3.8, 4) is 0 Å². The van der Waals surface area contributed by atoms with Gasteiger partial charge in [-0.1, -0.05) is 29.8 Å². The maximum absolute atomic E-state index is 6.09. The fourth-order valence-corrected chi connectivity index (χ4v) is 2.62. The number of rotatable bonds is 6. The molecule has 1 atom stereocenters. The lowest BCUT2D eigenvalue weighted by Crippen LogP contribution is -2.04. The third-order valence-corrected chi connectivity index (χ3v) is 3.85. The topological polar surface area (TPSA) is 21.6 Å². The summed E-state index contributed by atoms with van der Waals surface area (Å²) >= 11 is 7.82. The van der Waals surface area contributed by atoms with Crippen molar-refractivity contribution >= 4 is 29.6 Å². The van der Waals surface area contributed by atoms with E-state index in [4.69, 9.17) is 16.3 Å². The number of nitrogens with zero attached hydrogens (tertiary/aromatic N) is 1. The van der Waals surface area contributed by atoms with Crippen LogP contribution in [0.4, 0.5) is 0 Å². The predicted molar refractivity (Wildman–Crippen MR) is 75.1 cm³/mol. The lowest BCUT2D eigenvalue weighted by molar-refractivity contribution is 0.116. The van der Waals surface area contributed by atoms with E-state index in [2.05, 4.69) is 11.1 Å². The SMILES string of the molecule is Clc1ccccc1CCCCOC1N=CCS1. The van der Waals surface area contributed by atoms with Gasteiger partial charge in [0.25, 0.3) is 0 Å². The number of ether oxygens (including phenoxy) is 1. The van der Waals surface area contributed by atoms with Crippen molar-refractivity contribution in [3.05, 3.63) is 34.9 Å². The number of aliphatic imine (C=N–C) groups is 1. The zero-order valence-corrected chi connectivity index (χ0v) is 11.2. The molecule has 0 bridgehead atoms. The maximum Gasteiger partial charge on any atom is 0.196 e. The Morgan fingerprint density at radius 3 is 3.00 bits per heavy atom. The van der Waals surface area contributed by atoms with Gasteiger partial charge in [0.05, 0.1) is 6.61 Å². The summed E-state index contributed by atoms with van der Waals surface area (Å²) in [5, 5.41) is 0.865. The summed E-state index contributed by atoms with van der Waals surface area (Å²) in [6.07, 6.45) is 5.09. The van der Waals surface area contributed by atoms with Crippen molar-refractivity contribution in [1.82, 2.24) is 0 Å². The summed E-state index contributed by atoms with van der Waals surface area (Å²) in [5.41, 5.74) is 1.26. The summed E-state index contributed by atoms with van der Waals surface area (Å²) in [7, 11) is 0. The summed E-state index contributed by atoms with van der Waals surface area (Å²) in [6.45, 7) is 0.777. The van der Waals surface area contributed by atoms with Gasteiger partial charge in [0, 0.05) is 17.0 Å². The van der Waals surface area contributed by atoms with Crippen molar-refractivity contribution < 1.29 is 4.74 Å². The quantitative estimate of drug-likeness (QED) is 0.733. The number of hydrogen-bond donors (Lipinski definition) is 0. The molecule has 0 fully saturated rings. The van der Waals surface area contributed by atoms with Gasteiger partial charge in [-0.25, -0.2) is 0 Å². The van der Waals surface area contributed by atoms with E-state index >= 15 is 0 Å². The Bertz CT molecular complexity index is 383. The van der Waals surface area contributed by atoms with Crippen molar-refractivity contribution in [2.24, 2.45) is 4.99 Å². The van der Waals surface area contributed by atoms with Crippen molar-refractivity contribution in [2.75, 3.05) is 12.4 Å². The molecule has 4 heteroatoms. The Morgan fingerprint density at radius 2 is 2.24 bits per heavy atom. The van der Waals surface area contributed by atoms with Crippen LogP contribution in [0.2, 0.25) is 5.02 Å². The minimum atomic E-state index is 0.0373. The van der Waals surface area contributed by atoms with E-state index in [1.165, 1.54) is 5.56 Å². The fourth-order valence-electron chi connectivity index (χ4n) is 1.69. The van der Waals surface area contributed by atoms with Crippen LogP contribution < -0.4 is 0 Å². The minimum Gasteiger partial charge on any atom is -0.347 e. The second kappa shape index (κ2) is 7.04. The molecule has 2 rings (SSSR count). The Hall–Kier alpha value is -0.510. The summed E-state index contributed by atoms with van der Waals surface area (Å²) < 4.78 is 5.60. The van der Waals surface area contributed by atoms with Gasteiger partial charge < -0.3 is 4.74 Å². The molecule has 92 valence electrons. The van der Waals surface area contributed by atoms with Crippen LogP contribution in [-0.2, 0) is 11.2 Å². The molecule has 0 radical (unpaired) electrons. The molecule has 1 unspecified atom stereocenters. The molecular formula is C13H16ClNOS. The van der Waals surface area contributed by atoms with Gasteiger partial charge in [-0.05, 0) is 30.9 Å². The molecule has 0 aromatic heterocycles. The van der Waals surface area contributed by atoms with Crippen LogP contribution in [0, 0.1) is 0 Å². The Labute approximate surface area is 111 Å². The highest BCUT2D eigenvalue weighted by Crippen LogP contribution is 2.19. The first kappa shape index (κ1) is 12.9. The molecule has 1 aromatic carbocycles. The summed E-state index contributed by atoms with van der Waals surface area (Å²) in [4.78, 5) is 4.20. The van der Waals surface area contributed by atoms with Crippen LogP contribution in [0.25, 0.3) is 0 Å². The number of halogens is 1. The van der Waals surface area contributed by atoms with Crippen LogP contribution in [0.15, 0.2) is 29.3 Å². The molecule has 0 saturated carbocycles. The van der Waals surface area contributed by atoms with Gasteiger partial charge in [0.15, 0.2) is 5.56 Å². The monoisotopic (exact) mass is 269 g/mol. The number of hydrogen-bond acceptors (Lipinski definition) is 3. The third-order valence-electron chi connectivity index (χ3n) is 2.60. The summed E-state index contributed by atoms with van der Waals surface area (Å²) in [5.74, 6) is 0.976. The Morgan fingerprint density at radius 1 is 1.35 bits per heavy atom. The van der Waals surface area contributed by atoms with Crippen LogP contribution >= 0.6 is 23.4 Å². The highest BCUT2D eigenvalue weighted by atomic mass is 35.5. The molecule has 1 heterocycles. The van der Waals surface area contributed by atoms with E-state index in [1.807, 2.05) is 24.4 Å². The van der Waals surface area contributed by atoms with Gasteiger partial charge in [0.2, 0.25) is 0 Å². The summed E-state index contributed by atoms with van der Waals surface area (Å²) in [6, 6.07) is 8.02. The lowest BCUT2D eigenvalue weighted by atomic mass is 10.1. The third kappa shape index (κ3) is 4.34. The molecule has 0 aliphatic carbocycles. The predicted octanol–water partition coefficient (Wildman–Crippen LogP) is 3.78. The molecule has 17 heavy (non-hydrogen) atoms. The molecule has 0 saturated heterocycles. The highest BCUT2D eigenvalue weighted by molar-refractivity contribution is 8.00. The fraction of sp³-hybridized carbons (Fsp3) is 0.462. The molecule has 0 amide bonds. The van der Waals surface area contributed by atoms with E-state index in [1.54, 1.807) is 11.8 Å². The molecule has 2 nitrogen and oxygen atoms in total. The second-order valence-corrected chi connectivity index (χ2v) is 5.37. The van der Waals surface area contributed by atoms with Gasteiger partial charge in [-0.3, -0.25) is 4.99 Å². The molecule has 1 aliphatic rings. The molecule has 1 aromatic rings. The van der Waals surface area contributed by atoms with Crippen LogP contribution in [-0.4, -0.2) is 24.1 Å². The Kier molecular flexibility index (Phi) is 5.36. The smallest absolute Gasteiger partial charge is 0.196 e. The maximum atomic E-state index is 6.09. The Balaban J connectivity index is 1.60. The average molecular weight is 270 g/mol. The minimum absolute atomic E-state index is 0.0373. The number of aryl methyl sites for hydroxylation is 1. The van der Waals surface area contributed by atoms with E-state index < -0.39 is 0 Å². The van der Waals surface area contributed by atoms with Crippen molar-refractivity contribution in [1.29, 1.82) is 0 Å². The van der Waals surface area contributed by atoms with Gasteiger partial charge >= 0.3 is 0 Å². The first-order chi connectivity index (χ1) is 8.36. The largest absolute Gasteiger partial charge is 0.347 e. The van der Waals surface area contributed by atoms with Gasteiger partial charge in [-0.15, -0.1) is 11.8 Å². The van der Waals surface area contributed by atoms with Crippen molar-refractivity contribution in [3.63, 3.8) is 0 Å². The van der Waals surface area contributed by atoms with Crippen LogP contribution in [0.5, 0.6) is 0 Å². The molecule has 0 spiro atoms. The standard InChI is InChI=1S/C13H16ClNOS/c14-12-7-2-1-5-11(12)6-3-4-9-16-13-15-8-10-17-13/h1-2,5,7-8,13H,3-4,6,9-10H2. The van der Waals surface area contributed by atoms with Gasteiger partial charge in [0.1, 0.15) is 0 Å².